The average molecular weight is 201 g/mol. The average Bonchev–Trinajstić information content (AvgIpc) is 2.08. The summed E-state index contributed by atoms with van der Waals surface area (Å²) in [6.45, 7) is 1.53. The van der Waals surface area contributed by atoms with E-state index in [-0.39, 0.29) is 5.82 Å². The Morgan fingerprint density at radius 2 is 2.14 bits per heavy atom. The molecular formula is C8H9F2N3O. The van der Waals surface area contributed by atoms with Gasteiger partial charge < -0.3 is 11.5 Å². The topological polar surface area (TPSA) is 82.0 Å². The van der Waals surface area contributed by atoms with Crippen LogP contribution in [0.15, 0.2) is 6.07 Å². The molecule has 0 aliphatic heterocycles. The number of carbonyl (C=O) groups is 1. The molecule has 4 N–H and O–H groups in total. The number of nitrogen functional groups attached to an aromatic ring is 1. The number of halogens is 2. The third kappa shape index (κ3) is 1.78. The summed E-state index contributed by atoms with van der Waals surface area (Å²) in [6, 6.07) is 1.12. The maximum atomic E-state index is 12.4. The van der Waals surface area contributed by atoms with Crippen LogP contribution >= 0.6 is 0 Å². The number of nitrogens with two attached hydrogens (primary N) is 2. The molecule has 0 saturated carbocycles. The van der Waals surface area contributed by atoms with Crippen LogP contribution in [0.1, 0.15) is 28.0 Å². The molecule has 76 valence electrons. The van der Waals surface area contributed by atoms with Crippen LogP contribution in [-0.4, -0.2) is 10.9 Å². The van der Waals surface area contributed by atoms with E-state index in [4.69, 9.17) is 11.5 Å². The maximum Gasteiger partial charge on any atom is 0.267 e. The summed E-state index contributed by atoms with van der Waals surface area (Å²) in [6.07, 6.45) is -2.79. The quantitative estimate of drug-likeness (QED) is 0.749. The molecule has 1 aromatic rings. The van der Waals surface area contributed by atoms with Gasteiger partial charge in [0.25, 0.3) is 12.3 Å². The molecule has 4 nitrogen and oxygen atoms in total. The summed E-state index contributed by atoms with van der Waals surface area (Å²) in [5, 5.41) is 0. The smallest absolute Gasteiger partial charge is 0.267 e. The van der Waals surface area contributed by atoms with E-state index in [1.807, 2.05) is 0 Å². The van der Waals surface area contributed by atoms with Gasteiger partial charge in [-0.1, -0.05) is 0 Å². The number of aromatic nitrogens is 1. The van der Waals surface area contributed by atoms with Crippen molar-refractivity contribution in [3.8, 4) is 0 Å². The highest BCUT2D eigenvalue weighted by atomic mass is 19.3. The number of aryl methyl sites for hydroxylation is 1. The first-order chi connectivity index (χ1) is 6.43. The van der Waals surface area contributed by atoms with Crippen LogP contribution in [0.3, 0.4) is 0 Å². The minimum Gasteiger partial charge on any atom is -0.383 e. The van der Waals surface area contributed by atoms with Crippen molar-refractivity contribution in [3.63, 3.8) is 0 Å². The van der Waals surface area contributed by atoms with Crippen molar-refractivity contribution in [2.75, 3.05) is 5.73 Å². The molecule has 0 aliphatic carbocycles. The first kappa shape index (κ1) is 10.4. The molecule has 0 aliphatic rings. The van der Waals surface area contributed by atoms with Crippen molar-refractivity contribution in [2.24, 2.45) is 5.73 Å². The van der Waals surface area contributed by atoms with Gasteiger partial charge in [-0.3, -0.25) is 4.79 Å². The molecule has 6 heteroatoms. The number of pyridine rings is 1. The molecule has 0 bridgehead atoms. The summed E-state index contributed by atoms with van der Waals surface area (Å²) in [5.41, 5.74) is 9.69. The molecule has 0 saturated heterocycles. The number of amides is 1. The lowest BCUT2D eigenvalue weighted by Crippen LogP contribution is -2.17. The first-order valence-electron chi connectivity index (χ1n) is 3.78. The molecule has 1 rings (SSSR count). The number of carbonyl (C=O) groups excluding carboxylic acids is 1. The van der Waals surface area contributed by atoms with Gasteiger partial charge in [-0.25, -0.2) is 13.8 Å². The number of rotatable bonds is 2. The van der Waals surface area contributed by atoms with Crippen LogP contribution in [0, 0.1) is 6.92 Å². The van der Waals surface area contributed by atoms with E-state index in [1.165, 1.54) is 6.92 Å². The highest BCUT2D eigenvalue weighted by Gasteiger charge is 2.19. The van der Waals surface area contributed by atoms with Gasteiger partial charge in [-0.05, 0) is 18.6 Å². The first-order valence-corrected chi connectivity index (χ1v) is 3.78. The Labute approximate surface area is 78.9 Å². The second kappa shape index (κ2) is 3.57. The minimum atomic E-state index is -2.79. The zero-order valence-electron chi connectivity index (χ0n) is 7.42. The van der Waals surface area contributed by atoms with Gasteiger partial charge in [0.1, 0.15) is 11.5 Å². The van der Waals surface area contributed by atoms with E-state index in [1.54, 1.807) is 0 Å². The van der Waals surface area contributed by atoms with Crippen LogP contribution in [0.2, 0.25) is 0 Å². The molecule has 0 spiro atoms. The lowest BCUT2D eigenvalue weighted by molar-refractivity contribution is 0.0980. The second-order valence-corrected chi connectivity index (χ2v) is 2.79. The van der Waals surface area contributed by atoms with Gasteiger partial charge in [-0.15, -0.1) is 0 Å². The summed E-state index contributed by atoms with van der Waals surface area (Å²) in [5.74, 6) is -0.977. The Hall–Kier alpha value is -1.72. The second-order valence-electron chi connectivity index (χ2n) is 2.79. The zero-order chi connectivity index (χ0) is 10.9. The third-order valence-corrected chi connectivity index (χ3v) is 1.75. The Bertz CT molecular complexity index is 379. The molecular weight excluding hydrogens is 192 g/mol. The Morgan fingerprint density at radius 1 is 1.57 bits per heavy atom. The van der Waals surface area contributed by atoms with Crippen molar-refractivity contribution in [1.29, 1.82) is 0 Å². The molecule has 0 atom stereocenters. The summed E-state index contributed by atoms with van der Waals surface area (Å²) >= 11 is 0. The monoisotopic (exact) mass is 201 g/mol. The lowest BCUT2D eigenvalue weighted by Gasteiger charge is -2.07. The van der Waals surface area contributed by atoms with Crippen molar-refractivity contribution in [2.45, 2.75) is 13.3 Å². The van der Waals surface area contributed by atoms with E-state index in [0.29, 0.717) is 5.56 Å². The van der Waals surface area contributed by atoms with Crippen molar-refractivity contribution >= 4 is 11.7 Å². The number of hydrogen-bond donors (Lipinski definition) is 2. The lowest BCUT2D eigenvalue weighted by atomic mass is 10.1. The van der Waals surface area contributed by atoms with Gasteiger partial charge in [0, 0.05) is 5.56 Å². The zero-order valence-corrected chi connectivity index (χ0v) is 7.42. The van der Waals surface area contributed by atoms with E-state index < -0.39 is 23.6 Å². The fourth-order valence-electron chi connectivity index (χ4n) is 1.01. The third-order valence-electron chi connectivity index (χ3n) is 1.75. The van der Waals surface area contributed by atoms with E-state index in [2.05, 4.69) is 4.98 Å². The number of hydrogen-bond acceptors (Lipinski definition) is 3. The van der Waals surface area contributed by atoms with Crippen molar-refractivity contribution < 1.29 is 13.6 Å². The Morgan fingerprint density at radius 3 is 2.57 bits per heavy atom. The van der Waals surface area contributed by atoms with Crippen molar-refractivity contribution in [3.05, 3.63) is 22.9 Å². The summed E-state index contributed by atoms with van der Waals surface area (Å²) < 4.78 is 24.8. The molecule has 0 unspecified atom stereocenters. The van der Waals surface area contributed by atoms with E-state index in [9.17, 15) is 13.6 Å². The largest absolute Gasteiger partial charge is 0.383 e. The molecule has 14 heavy (non-hydrogen) atoms. The highest BCUT2D eigenvalue weighted by molar-refractivity contribution is 5.92. The molecule has 0 aromatic carbocycles. The number of anilines is 1. The van der Waals surface area contributed by atoms with E-state index >= 15 is 0 Å². The highest BCUT2D eigenvalue weighted by Crippen LogP contribution is 2.24. The number of alkyl halides is 2. The summed E-state index contributed by atoms with van der Waals surface area (Å²) in [7, 11) is 0. The number of primary amides is 1. The SMILES string of the molecule is Cc1cc(C(F)F)c(C(N)=O)nc1N. The van der Waals surface area contributed by atoms with Gasteiger partial charge in [0.15, 0.2) is 0 Å². The predicted octanol–water partition coefficient (Wildman–Crippen LogP) is 1.01. The molecule has 0 radical (unpaired) electrons. The van der Waals surface area contributed by atoms with Crippen LogP contribution in [-0.2, 0) is 0 Å². The molecule has 1 heterocycles. The van der Waals surface area contributed by atoms with Crippen LogP contribution in [0.4, 0.5) is 14.6 Å². The maximum absolute atomic E-state index is 12.4. The van der Waals surface area contributed by atoms with Gasteiger partial charge in [0.2, 0.25) is 0 Å². The predicted molar refractivity (Wildman–Crippen MR) is 46.9 cm³/mol. The van der Waals surface area contributed by atoms with Gasteiger partial charge in [0.05, 0.1) is 0 Å². The Kier molecular flexibility index (Phi) is 2.64. The molecule has 1 amide bonds. The fourth-order valence-corrected chi connectivity index (χ4v) is 1.01. The van der Waals surface area contributed by atoms with Gasteiger partial charge >= 0.3 is 0 Å². The molecule has 1 aromatic heterocycles. The number of nitrogens with zero attached hydrogens (tertiary/aromatic N) is 1. The minimum absolute atomic E-state index is 0.0307. The van der Waals surface area contributed by atoms with Crippen LogP contribution < -0.4 is 11.5 Å². The standard InChI is InChI=1S/C8H9F2N3O/c1-3-2-4(6(9)10)5(8(12)14)13-7(3)11/h2,6H,1H3,(H2,11,13)(H2,12,14). The van der Waals surface area contributed by atoms with Crippen LogP contribution in [0.5, 0.6) is 0 Å². The summed E-state index contributed by atoms with van der Waals surface area (Å²) in [4.78, 5) is 14.3. The fraction of sp³-hybridized carbons (Fsp3) is 0.250. The normalized spacial score (nSPS) is 10.6. The van der Waals surface area contributed by atoms with E-state index in [0.717, 1.165) is 6.07 Å². The van der Waals surface area contributed by atoms with Crippen LogP contribution in [0.25, 0.3) is 0 Å². The van der Waals surface area contributed by atoms with Crippen molar-refractivity contribution in [1.82, 2.24) is 4.98 Å². The molecule has 0 fully saturated rings. The van der Waals surface area contributed by atoms with Gasteiger partial charge in [-0.2, -0.15) is 0 Å². The Balaban J connectivity index is 3.39.